The first kappa shape index (κ1) is 10.9. The van der Waals surface area contributed by atoms with E-state index in [1.165, 1.54) is 0 Å². The largest absolute Gasteiger partial charge is 0.458 e. The lowest BCUT2D eigenvalue weighted by Crippen LogP contribution is -2.31. The molecule has 1 N–H and O–H groups in total. The molecule has 0 spiro atoms. The third kappa shape index (κ3) is 2.94. The molecule has 0 aliphatic carbocycles. The van der Waals surface area contributed by atoms with E-state index in [4.69, 9.17) is 4.74 Å². The first-order chi connectivity index (χ1) is 7.74. The molecule has 0 bridgehead atoms. The summed E-state index contributed by atoms with van der Waals surface area (Å²) in [7, 11) is 0. The Morgan fingerprint density at radius 1 is 1.31 bits per heavy atom. The number of rotatable bonds is 2. The number of cyclic esters (lactones) is 1. The number of carbonyl (C=O) groups is 1. The van der Waals surface area contributed by atoms with Gasteiger partial charge in [-0.05, 0) is 11.6 Å². The smallest absolute Gasteiger partial charge is 0.309 e. The molecule has 84 valence electrons. The molecule has 1 aromatic rings. The fraction of sp³-hybridized carbons (Fsp3) is 0.308. The van der Waals surface area contributed by atoms with Gasteiger partial charge in [-0.25, -0.2) is 0 Å². The van der Waals surface area contributed by atoms with Crippen LogP contribution in [0.25, 0.3) is 6.08 Å². The minimum atomic E-state index is -0.577. The van der Waals surface area contributed by atoms with Crippen LogP contribution >= 0.6 is 0 Å². The second-order valence-electron chi connectivity index (χ2n) is 3.89. The van der Waals surface area contributed by atoms with Gasteiger partial charge in [0.05, 0.1) is 12.5 Å². The highest BCUT2D eigenvalue weighted by atomic mass is 16.5. The van der Waals surface area contributed by atoms with Gasteiger partial charge in [0.15, 0.2) is 0 Å². The number of benzene rings is 1. The van der Waals surface area contributed by atoms with Crippen LogP contribution in [0.1, 0.15) is 18.4 Å². The Hall–Kier alpha value is -1.61. The average molecular weight is 218 g/mol. The molecule has 1 aliphatic rings. The van der Waals surface area contributed by atoms with Crippen LogP contribution in [0.4, 0.5) is 0 Å². The molecule has 0 radical (unpaired) electrons. The minimum absolute atomic E-state index is 0.107. The Balaban J connectivity index is 1.99. The van der Waals surface area contributed by atoms with E-state index in [1.54, 1.807) is 0 Å². The standard InChI is InChI=1S/C13H14O3/c14-11-8-12(16-13(15)9-11)7-6-10-4-2-1-3-5-10/h1-7,11-12,14H,8-9H2/t11-,12-/m1/s1. The van der Waals surface area contributed by atoms with Crippen LogP contribution in [0.15, 0.2) is 36.4 Å². The summed E-state index contributed by atoms with van der Waals surface area (Å²) in [5.41, 5.74) is 1.05. The van der Waals surface area contributed by atoms with Gasteiger partial charge >= 0.3 is 5.97 Å². The lowest BCUT2D eigenvalue weighted by Gasteiger charge is -2.23. The van der Waals surface area contributed by atoms with Gasteiger partial charge in [-0.3, -0.25) is 4.79 Å². The molecular weight excluding hydrogens is 204 g/mol. The Bertz CT molecular complexity index is 383. The Labute approximate surface area is 94.4 Å². The number of aliphatic hydroxyl groups excluding tert-OH is 1. The van der Waals surface area contributed by atoms with E-state index in [9.17, 15) is 9.90 Å². The molecular formula is C13H14O3. The highest BCUT2D eigenvalue weighted by Gasteiger charge is 2.25. The van der Waals surface area contributed by atoms with Crippen molar-refractivity contribution in [2.75, 3.05) is 0 Å². The molecule has 0 saturated carbocycles. The summed E-state index contributed by atoms with van der Waals surface area (Å²) in [4.78, 5) is 11.1. The lowest BCUT2D eigenvalue weighted by molar-refractivity contribution is -0.156. The zero-order valence-corrected chi connectivity index (χ0v) is 8.87. The maximum atomic E-state index is 11.1. The molecule has 1 saturated heterocycles. The molecule has 0 aromatic heterocycles. The number of hydrogen-bond acceptors (Lipinski definition) is 3. The van der Waals surface area contributed by atoms with Gasteiger partial charge in [-0.15, -0.1) is 0 Å². The fourth-order valence-corrected chi connectivity index (χ4v) is 1.71. The zero-order valence-electron chi connectivity index (χ0n) is 8.87. The third-order valence-electron chi connectivity index (χ3n) is 2.49. The van der Waals surface area contributed by atoms with Crippen molar-refractivity contribution < 1.29 is 14.6 Å². The van der Waals surface area contributed by atoms with Crippen LogP contribution < -0.4 is 0 Å². The monoisotopic (exact) mass is 218 g/mol. The molecule has 16 heavy (non-hydrogen) atoms. The van der Waals surface area contributed by atoms with Crippen molar-refractivity contribution in [2.24, 2.45) is 0 Å². The van der Waals surface area contributed by atoms with E-state index in [-0.39, 0.29) is 18.5 Å². The zero-order chi connectivity index (χ0) is 11.4. The molecule has 3 nitrogen and oxygen atoms in total. The molecule has 2 atom stereocenters. The normalized spacial score (nSPS) is 25.7. The quantitative estimate of drug-likeness (QED) is 0.769. The van der Waals surface area contributed by atoms with E-state index in [0.717, 1.165) is 5.56 Å². The van der Waals surface area contributed by atoms with Crippen molar-refractivity contribution in [3.8, 4) is 0 Å². The summed E-state index contributed by atoms with van der Waals surface area (Å²) in [6.07, 6.45) is 3.42. The van der Waals surface area contributed by atoms with Crippen molar-refractivity contribution in [1.29, 1.82) is 0 Å². The van der Waals surface area contributed by atoms with Gasteiger partial charge in [0, 0.05) is 6.42 Å². The van der Waals surface area contributed by atoms with Crippen molar-refractivity contribution in [1.82, 2.24) is 0 Å². The number of hydrogen-bond donors (Lipinski definition) is 1. The van der Waals surface area contributed by atoms with Crippen LogP contribution in [-0.2, 0) is 9.53 Å². The van der Waals surface area contributed by atoms with E-state index < -0.39 is 6.10 Å². The molecule has 1 fully saturated rings. The lowest BCUT2D eigenvalue weighted by atomic mass is 10.0. The maximum absolute atomic E-state index is 11.1. The number of ether oxygens (including phenoxy) is 1. The number of aliphatic hydroxyl groups is 1. The molecule has 1 heterocycles. The van der Waals surface area contributed by atoms with Crippen LogP contribution in [0.2, 0.25) is 0 Å². The molecule has 2 rings (SSSR count). The fourth-order valence-electron chi connectivity index (χ4n) is 1.71. The molecule has 3 heteroatoms. The van der Waals surface area contributed by atoms with Crippen LogP contribution in [-0.4, -0.2) is 23.3 Å². The average Bonchev–Trinajstić information content (AvgIpc) is 2.27. The summed E-state index contributed by atoms with van der Waals surface area (Å²) in [6, 6.07) is 9.78. The Morgan fingerprint density at radius 2 is 2.06 bits per heavy atom. The third-order valence-corrected chi connectivity index (χ3v) is 2.49. The summed E-state index contributed by atoms with van der Waals surface area (Å²) >= 11 is 0. The summed E-state index contributed by atoms with van der Waals surface area (Å²) in [6.45, 7) is 0. The van der Waals surface area contributed by atoms with Gasteiger partial charge in [0.25, 0.3) is 0 Å². The predicted molar refractivity (Wildman–Crippen MR) is 60.6 cm³/mol. The highest BCUT2D eigenvalue weighted by molar-refractivity contribution is 5.71. The molecule has 0 unspecified atom stereocenters. The van der Waals surface area contributed by atoms with Crippen LogP contribution in [0, 0.1) is 0 Å². The van der Waals surface area contributed by atoms with E-state index in [0.29, 0.717) is 6.42 Å². The summed E-state index contributed by atoms with van der Waals surface area (Å²) in [5.74, 6) is -0.332. The Morgan fingerprint density at radius 3 is 2.75 bits per heavy atom. The van der Waals surface area contributed by atoms with Crippen molar-refractivity contribution >= 4 is 12.0 Å². The SMILES string of the molecule is O=C1C[C@H](O)C[C@@H](C=Cc2ccccc2)O1. The molecule has 0 amide bonds. The second kappa shape index (κ2) is 4.94. The van der Waals surface area contributed by atoms with Crippen LogP contribution in [0.3, 0.4) is 0 Å². The number of esters is 1. The van der Waals surface area contributed by atoms with Gasteiger partial charge in [0.2, 0.25) is 0 Å². The van der Waals surface area contributed by atoms with Gasteiger partial charge in [-0.2, -0.15) is 0 Å². The van der Waals surface area contributed by atoms with E-state index in [2.05, 4.69) is 0 Å². The highest BCUT2D eigenvalue weighted by Crippen LogP contribution is 2.16. The van der Waals surface area contributed by atoms with E-state index >= 15 is 0 Å². The van der Waals surface area contributed by atoms with Gasteiger partial charge in [0.1, 0.15) is 6.10 Å². The van der Waals surface area contributed by atoms with Crippen molar-refractivity contribution in [2.45, 2.75) is 25.0 Å². The first-order valence-electron chi connectivity index (χ1n) is 5.35. The van der Waals surface area contributed by atoms with Crippen LogP contribution in [0.5, 0.6) is 0 Å². The predicted octanol–water partition coefficient (Wildman–Crippen LogP) is 1.77. The second-order valence-corrected chi connectivity index (χ2v) is 3.89. The first-order valence-corrected chi connectivity index (χ1v) is 5.35. The van der Waals surface area contributed by atoms with E-state index in [1.807, 2.05) is 42.5 Å². The van der Waals surface area contributed by atoms with Gasteiger partial charge < -0.3 is 9.84 Å². The van der Waals surface area contributed by atoms with Crippen molar-refractivity contribution in [3.63, 3.8) is 0 Å². The minimum Gasteiger partial charge on any atom is -0.458 e. The van der Waals surface area contributed by atoms with Crippen molar-refractivity contribution in [3.05, 3.63) is 42.0 Å². The molecule has 1 aliphatic heterocycles. The topological polar surface area (TPSA) is 46.5 Å². The molecule has 1 aromatic carbocycles. The summed E-state index contributed by atoms with van der Waals surface area (Å²) in [5, 5.41) is 9.41. The maximum Gasteiger partial charge on any atom is 0.309 e. The summed E-state index contributed by atoms with van der Waals surface area (Å²) < 4.78 is 5.09. The number of carbonyl (C=O) groups excluding carboxylic acids is 1. The Kier molecular flexibility index (Phi) is 3.37. The van der Waals surface area contributed by atoms with Gasteiger partial charge in [-0.1, -0.05) is 36.4 Å².